The van der Waals surface area contributed by atoms with Crippen LogP contribution in [-0.2, 0) is 4.74 Å². The van der Waals surface area contributed by atoms with Gasteiger partial charge >= 0.3 is 13.3 Å². The van der Waals surface area contributed by atoms with Gasteiger partial charge in [0, 0.05) is 0 Å². The number of esters is 1. The number of carbonyl (C=O) groups excluding carboxylic acids is 1. The normalized spacial score (nSPS) is 12.0. The van der Waals surface area contributed by atoms with Crippen molar-refractivity contribution in [2.45, 2.75) is 65.3 Å². The van der Waals surface area contributed by atoms with Crippen LogP contribution in [-0.4, -0.2) is 50.3 Å². The lowest BCUT2D eigenvalue weighted by atomic mass is 9.89. The van der Waals surface area contributed by atoms with Crippen molar-refractivity contribution in [3.05, 3.63) is 29.8 Å². The average molecular weight is 356 g/mol. The van der Waals surface area contributed by atoms with E-state index in [1.54, 1.807) is 52.0 Å². The first-order chi connectivity index (χ1) is 11.1. The minimum absolute atomic E-state index is 0.352. The zero-order valence-electron chi connectivity index (χ0n) is 15.9. The molecule has 25 heavy (non-hydrogen) atoms. The molecule has 0 aliphatic carbocycles. The molecule has 142 valence electrons. The molecule has 0 amide bonds. The van der Waals surface area contributed by atoms with Crippen molar-refractivity contribution in [1.29, 1.82) is 0 Å². The summed E-state index contributed by atoms with van der Waals surface area (Å²) in [4.78, 5) is 12.3. The van der Waals surface area contributed by atoms with E-state index in [0.29, 0.717) is 11.3 Å². The van der Waals surface area contributed by atoms with Gasteiger partial charge in [-0.1, -0.05) is 12.1 Å². The first-order valence-electron chi connectivity index (χ1n) is 7.85. The van der Waals surface area contributed by atoms with Crippen molar-refractivity contribution in [2.24, 2.45) is 0 Å². The lowest BCUT2D eigenvalue weighted by Crippen LogP contribution is -2.49. The van der Waals surface area contributed by atoms with Crippen LogP contribution in [0, 0.1) is 0 Å². The summed E-state index contributed by atoms with van der Waals surface area (Å²) >= 11 is 0. The summed E-state index contributed by atoms with van der Waals surface area (Å²) in [6.07, 6.45) is 0. The summed E-state index contributed by atoms with van der Waals surface area (Å²) in [6.45, 7) is 12.3. The lowest BCUT2D eigenvalue weighted by molar-refractivity contribution is -0.0911. The van der Waals surface area contributed by atoms with Crippen LogP contribution in [0.4, 0.5) is 0 Å². The van der Waals surface area contributed by atoms with E-state index in [4.69, 9.17) is 24.5 Å². The van der Waals surface area contributed by atoms with Gasteiger partial charge in [-0.3, -0.25) is 0 Å². The largest absolute Gasteiger partial charge is 0.631 e. The summed E-state index contributed by atoms with van der Waals surface area (Å²) in [6, 6.07) is 6.89. The van der Waals surface area contributed by atoms with Gasteiger partial charge in [0.1, 0.15) is 22.5 Å². The Labute approximate surface area is 149 Å². The van der Waals surface area contributed by atoms with Gasteiger partial charge < -0.3 is 29.7 Å². The van der Waals surface area contributed by atoms with Gasteiger partial charge in [0.05, 0.1) is 5.60 Å². The second kappa shape index (κ2) is 8.67. The standard InChI is InChI=1S/C17H26O4.BH3O3/c1-15(2,3)21-14(18)12-10-8-9-11-13(12)20-17(6,7)16(4,5)19;2-1(3)4/h8-11,19H,1-7H3;2-4H. The molecule has 1 aromatic rings. The number of aliphatic hydroxyl groups is 1. The number of para-hydroxylation sites is 1. The fourth-order valence-electron chi connectivity index (χ4n) is 1.46. The van der Waals surface area contributed by atoms with Gasteiger partial charge in [-0.25, -0.2) is 4.79 Å². The van der Waals surface area contributed by atoms with E-state index in [9.17, 15) is 9.90 Å². The molecule has 8 heteroatoms. The first-order valence-corrected chi connectivity index (χ1v) is 7.85. The summed E-state index contributed by atoms with van der Waals surface area (Å²) in [5.41, 5.74) is -2.14. The quantitative estimate of drug-likeness (QED) is 0.477. The molecule has 0 aliphatic rings. The van der Waals surface area contributed by atoms with E-state index in [0.717, 1.165) is 0 Å². The van der Waals surface area contributed by atoms with Crippen molar-refractivity contribution in [2.75, 3.05) is 0 Å². The van der Waals surface area contributed by atoms with Crippen molar-refractivity contribution in [1.82, 2.24) is 0 Å². The van der Waals surface area contributed by atoms with E-state index in [1.165, 1.54) is 0 Å². The summed E-state index contributed by atoms with van der Waals surface area (Å²) in [7, 11) is -2.17. The smallest absolute Gasteiger partial charge is 0.484 e. The van der Waals surface area contributed by atoms with Crippen molar-refractivity contribution >= 4 is 13.3 Å². The van der Waals surface area contributed by atoms with Gasteiger partial charge in [-0.15, -0.1) is 0 Å². The Morgan fingerprint density at radius 3 is 1.80 bits per heavy atom. The second-order valence-electron chi connectivity index (χ2n) is 7.52. The molecule has 1 rings (SSSR count). The molecule has 4 N–H and O–H groups in total. The maximum absolute atomic E-state index is 12.3. The van der Waals surface area contributed by atoms with Crippen LogP contribution in [0.1, 0.15) is 58.8 Å². The Morgan fingerprint density at radius 2 is 1.40 bits per heavy atom. The van der Waals surface area contributed by atoms with Crippen LogP contribution in [0.3, 0.4) is 0 Å². The SMILES string of the molecule is CC(C)(C)OC(=O)c1ccccc1OC(C)(C)C(C)(C)O.OB(O)O. The zero-order valence-corrected chi connectivity index (χ0v) is 15.9. The molecule has 0 spiro atoms. The molecule has 0 aromatic heterocycles. The molecule has 0 radical (unpaired) electrons. The van der Waals surface area contributed by atoms with Crippen molar-refractivity contribution in [3.63, 3.8) is 0 Å². The molecule has 0 unspecified atom stereocenters. The Morgan fingerprint density at radius 1 is 0.960 bits per heavy atom. The van der Waals surface area contributed by atoms with Gasteiger partial charge in [0.2, 0.25) is 0 Å². The maximum atomic E-state index is 12.3. The van der Waals surface area contributed by atoms with E-state index in [2.05, 4.69) is 0 Å². The number of hydrogen-bond donors (Lipinski definition) is 4. The van der Waals surface area contributed by atoms with Crippen LogP contribution in [0.15, 0.2) is 24.3 Å². The molecule has 0 fully saturated rings. The zero-order chi connectivity index (χ0) is 20.1. The number of carbonyl (C=O) groups is 1. The monoisotopic (exact) mass is 356 g/mol. The summed E-state index contributed by atoms with van der Waals surface area (Å²) < 4.78 is 11.3. The molecule has 0 saturated heterocycles. The first kappa shape index (κ1) is 23.4. The van der Waals surface area contributed by atoms with Crippen LogP contribution >= 0.6 is 0 Å². The summed E-state index contributed by atoms with van der Waals surface area (Å²) in [5, 5.41) is 31.7. The van der Waals surface area contributed by atoms with E-state index >= 15 is 0 Å². The Bertz CT molecular complexity index is 554. The predicted molar refractivity (Wildman–Crippen MR) is 95.0 cm³/mol. The highest BCUT2D eigenvalue weighted by molar-refractivity contribution is 6.30. The Balaban J connectivity index is 0.00000129. The molecule has 0 saturated carbocycles. The Kier molecular flexibility index (Phi) is 8.11. The Hall–Kier alpha value is -1.61. The lowest BCUT2D eigenvalue weighted by Gasteiger charge is -2.37. The number of benzene rings is 1. The van der Waals surface area contributed by atoms with E-state index in [1.807, 2.05) is 20.8 Å². The van der Waals surface area contributed by atoms with E-state index < -0.39 is 30.1 Å². The van der Waals surface area contributed by atoms with Crippen LogP contribution in [0.25, 0.3) is 0 Å². The number of rotatable bonds is 4. The molecular formula is C17H29BO7. The minimum atomic E-state index is -2.17. The van der Waals surface area contributed by atoms with Gasteiger partial charge in [0.25, 0.3) is 0 Å². The van der Waals surface area contributed by atoms with Crippen molar-refractivity contribution < 1.29 is 34.4 Å². The molecule has 1 aromatic carbocycles. The van der Waals surface area contributed by atoms with Crippen LogP contribution < -0.4 is 4.74 Å². The van der Waals surface area contributed by atoms with Crippen LogP contribution in [0.2, 0.25) is 0 Å². The second-order valence-corrected chi connectivity index (χ2v) is 7.52. The number of hydrogen-bond acceptors (Lipinski definition) is 7. The third-order valence-electron chi connectivity index (χ3n) is 3.34. The third-order valence-corrected chi connectivity index (χ3v) is 3.34. The van der Waals surface area contributed by atoms with Crippen LogP contribution in [0.5, 0.6) is 5.75 Å². The molecule has 0 aliphatic heterocycles. The average Bonchev–Trinajstić information content (AvgIpc) is 2.34. The highest BCUT2D eigenvalue weighted by Gasteiger charge is 2.38. The van der Waals surface area contributed by atoms with Gasteiger partial charge in [-0.2, -0.15) is 0 Å². The fraction of sp³-hybridized carbons (Fsp3) is 0.588. The molecule has 0 heterocycles. The summed E-state index contributed by atoms with van der Waals surface area (Å²) in [5.74, 6) is -0.0384. The fourth-order valence-corrected chi connectivity index (χ4v) is 1.46. The van der Waals surface area contributed by atoms with Gasteiger partial charge in [0.15, 0.2) is 0 Å². The highest BCUT2D eigenvalue weighted by atomic mass is 16.6. The number of ether oxygens (including phenoxy) is 2. The highest BCUT2D eigenvalue weighted by Crippen LogP contribution is 2.30. The topological polar surface area (TPSA) is 116 Å². The molecule has 0 atom stereocenters. The molecule has 0 bridgehead atoms. The maximum Gasteiger partial charge on any atom is 0.631 e. The third kappa shape index (κ3) is 8.88. The minimum Gasteiger partial charge on any atom is -0.484 e. The van der Waals surface area contributed by atoms with Crippen molar-refractivity contribution in [3.8, 4) is 5.75 Å². The predicted octanol–water partition coefficient (Wildman–Crippen LogP) is 1.52. The molecule has 7 nitrogen and oxygen atoms in total. The van der Waals surface area contributed by atoms with E-state index in [-0.39, 0.29) is 0 Å². The van der Waals surface area contributed by atoms with Gasteiger partial charge in [-0.05, 0) is 60.6 Å². The molecular weight excluding hydrogens is 327 g/mol.